The molecule has 0 radical (unpaired) electrons. The molecule has 150 valence electrons. The Labute approximate surface area is 176 Å². The number of benzene rings is 2. The molecule has 1 N–H and O–H groups in total. The summed E-state index contributed by atoms with van der Waals surface area (Å²) >= 11 is 0. The molecule has 2 nitrogen and oxygen atoms in total. The SMILES string of the molecule is CC1=CC=C(C)[C@@H]2C([Si](C)(C)N3c4ccccc4Nc4ccccc43)C[C@H](C)[C@H]12. The van der Waals surface area contributed by atoms with Crippen molar-refractivity contribution >= 4 is 31.0 Å². The summed E-state index contributed by atoms with van der Waals surface area (Å²) in [5, 5.41) is 3.67. The van der Waals surface area contributed by atoms with E-state index in [-0.39, 0.29) is 0 Å². The molecule has 2 aromatic carbocycles. The Hall–Kier alpha value is -2.26. The Morgan fingerprint density at radius 1 is 0.828 bits per heavy atom. The monoisotopic (exact) mass is 400 g/mol. The van der Waals surface area contributed by atoms with E-state index < -0.39 is 8.24 Å². The third-order valence-corrected chi connectivity index (χ3v) is 11.8. The molecule has 4 atom stereocenters. The van der Waals surface area contributed by atoms with Crippen molar-refractivity contribution in [1.82, 2.24) is 0 Å². The van der Waals surface area contributed by atoms with Gasteiger partial charge < -0.3 is 9.88 Å². The molecular formula is C26H32N2Si. The van der Waals surface area contributed by atoms with Gasteiger partial charge in [-0.25, -0.2) is 0 Å². The van der Waals surface area contributed by atoms with Gasteiger partial charge in [-0.2, -0.15) is 0 Å². The number of hydrogen-bond acceptors (Lipinski definition) is 2. The van der Waals surface area contributed by atoms with Gasteiger partial charge in [0.2, 0.25) is 0 Å². The van der Waals surface area contributed by atoms with Gasteiger partial charge in [0.05, 0.1) is 22.7 Å². The molecule has 1 fully saturated rings. The second kappa shape index (κ2) is 6.63. The lowest BCUT2D eigenvalue weighted by atomic mass is 9.77. The van der Waals surface area contributed by atoms with Crippen LogP contribution in [0.1, 0.15) is 27.2 Å². The van der Waals surface area contributed by atoms with Gasteiger partial charge >= 0.3 is 0 Å². The standard InChI is InChI=1S/C26H32N2Si/c1-17-14-15-18(2)26-24(16-19(3)25(17)26)29(4,5)28-22-12-8-6-10-20(22)27-21-11-7-9-13-23(21)28/h6-15,19,24-27H,16H2,1-5H3/t19-,24?,25-,26+/m0/s1. The van der Waals surface area contributed by atoms with Gasteiger partial charge in [0, 0.05) is 0 Å². The summed E-state index contributed by atoms with van der Waals surface area (Å²) in [5.74, 6) is 2.15. The van der Waals surface area contributed by atoms with Crippen molar-refractivity contribution in [1.29, 1.82) is 0 Å². The highest BCUT2D eigenvalue weighted by atomic mass is 28.3. The fraction of sp³-hybridized carbons (Fsp3) is 0.385. The minimum absolute atomic E-state index is 0.686. The predicted octanol–water partition coefficient (Wildman–Crippen LogP) is 7.64. The predicted molar refractivity (Wildman–Crippen MR) is 128 cm³/mol. The number of rotatable bonds is 2. The molecule has 0 aromatic heterocycles. The third kappa shape index (κ3) is 2.74. The molecule has 2 aromatic rings. The molecule has 29 heavy (non-hydrogen) atoms. The Bertz CT molecular complexity index is 973. The van der Waals surface area contributed by atoms with Crippen LogP contribution >= 0.6 is 0 Å². The Balaban J connectivity index is 1.64. The molecular weight excluding hydrogens is 368 g/mol. The van der Waals surface area contributed by atoms with Crippen molar-refractivity contribution in [3.63, 3.8) is 0 Å². The van der Waals surface area contributed by atoms with Crippen LogP contribution in [0.25, 0.3) is 0 Å². The topological polar surface area (TPSA) is 15.3 Å². The first kappa shape index (κ1) is 18.7. The van der Waals surface area contributed by atoms with Gasteiger partial charge in [0.15, 0.2) is 8.24 Å². The van der Waals surface area contributed by atoms with Gasteiger partial charge in [-0.1, -0.05) is 67.6 Å². The molecule has 3 aliphatic rings. The number of fused-ring (bicyclic) bond motifs is 3. The Morgan fingerprint density at radius 3 is 1.93 bits per heavy atom. The number of anilines is 4. The average Bonchev–Trinajstić information content (AvgIpc) is 3.08. The number of hydrogen-bond donors (Lipinski definition) is 1. The van der Waals surface area contributed by atoms with Crippen LogP contribution in [0, 0.1) is 17.8 Å². The van der Waals surface area contributed by atoms with Crippen molar-refractivity contribution in [2.75, 3.05) is 9.88 Å². The summed E-state index contributed by atoms with van der Waals surface area (Å²) in [4.78, 5) is 0. The maximum absolute atomic E-state index is 3.67. The molecule has 2 aliphatic carbocycles. The van der Waals surface area contributed by atoms with Crippen LogP contribution in [0.5, 0.6) is 0 Å². The summed E-state index contributed by atoms with van der Waals surface area (Å²) in [5.41, 5.74) is 9.09. The van der Waals surface area contributed by atoms with Crippen LogP contribution in [0.3, 0.4) is 0 Å². The largest absolute Gasteiger partial charge is 0.366 e. The fourth-order valence-electron chi connectivity index (χ4n) is 6.45. The van der Waals surface area contributed by atoms with Crippen molar-refractivity contribution in [3.05, 3.63) is 71.8 Å². The first-order chi connectivity index (χ1) is 13.9. The lowest BCUT2D eigenvalue weighted by Gasteiger charge is -2.48. The van der Waals surface area contributed by atoms with Crippen molar-refractivity contribution in [2.24, 2.45) is 17.8 Å². The summed E-state index contributed by atoms with van der Waals surface area (Å²) in [6, 6.07) is 17.7. The minimum Gasteiger partial charge on any atom is -0.366 e. The zero-order chi connectivity index (χ0) is 20.3. The lowest BCUT2D eigenvalue weighted by Crippen LogP contribution is -2.52. The number of allylic oxidation sites excluding steroid dienone is 4. The van der Waals surface area contributed by atoms with Gasteiger partial charge in [0.25, 0.3) is 0 Å². The molecule has 1 aliphatic heterocycles. The minimum atomic E-state index is -1.87. The molecule has 0 bridgehead atoms. The molecule has 1 saturated carbocycles. The highest BCUT2D eigenvalue weighted by Gasteiger charge is 2.53. The van der Waals surface area contributed by atoms with Crippen molar-refractivity contribution in [3.8, 4) is 0 Å². The Morgan fingerprint density at radius 2 is 1.34 bits per heavy atom. The average molecular weight is 401 g/mol. The zero-order valence-corrected chi connectivity index (χ0v) is 19.2. The summed E-state index contributed by atoms with van der Waals surface area (Å²) in [6.45, 7) is 12.4. The van der Waals surface area contributed by atoms with Gasteiger partial charge in [0.1, 0.15) is 0 Å². The van der Waals surface area contributed by atoms with Crippen molar-refractivity contribution in [2.45, 2.75) is 45.8 Å². The van der Waals surface area contributed by atoms with Crippen LogP contribution in [0.4, 0.5) is 22.7 Å². The van der Waals surface area contributed by atoms with E-state index in [1.54, 1.807) is 11.1 Å². The molecule has 1 unspecified atom stereocenters. The van der Waals surface area contributed by atoms with Gasteiger partial charge in [-0.05, 0) is 67.8 Å². The normalized spacial score (nSPS) is 28.0. The second-order valence-electron chi connectivity index (χ2n) is 9.84. The maximum atomic E-state index is 3.67. The third-order valence-electron chi connectivity index (χ3n) is 7.76. The van der Waals surface area contributed by atoms with Crippen molar-refractivity contribution < 1.29 is 0 Å². The smallest absolute Gasteiger partial charge is 0.160 e. The van der Waals surface area contributed by atoms with E-state index in [1.165, 1.54) is 29.2 Å². The molecule has 3 heteroatoms. The Kier molecular flexibility index (Phi) is 4.29. The zero-order valence-electron chi connectivity index (χ0n) is 18.2. The van der Waals surface area contributed by atoms with E-state index in [0.717, 1.165) is 11.5 Å². The molecule has 5 rings (SSSR count). The number of nitrogens with zero attached hydrogens (tertiary/aromatic N) is 1. The van der Waals surface area contributed by atoms with E-state index in [4.69, 9.17) is 0 Å². The maximum Gasteiger partial charge on any atom is 0.160 e. The molecule has 0 spiro atoms. The van der Waals surface area contributed by atoms with E-state index in [1.807, 2.05) is 0 Å². The fourth-order valence-corrected chi connectivity index (χ4v) is 10.7. The summed E-state index contributed by atoms with van der Waals surface area (Å²) in [7, 11) is -1.87. The van der Waals surface area contributed by atoms with E-state index in [0.29, 0.717) is 11.8 Å². The van der Waals surface area contributed by atoms with Gasteiger partial charge in [-0.3, -0.25) is 0 Å². The summed E-state index contributed by atoms with van der Waals surface area (Å²) < 4.78 is 2.76. The molecule has 1 heterocycles. The van der Waals surface area contributed by atoms with Gasteiger partial charge in [-0.15, -0.1) is 0 Å². The van der Waals surface area contributed by atoms with E-state index in [2.05, 4.69) is 104 Å². The van der Waals surface area contributed by atoms with Crippen LogP contribution in [-0.4, -0.2) is 8.24 Å². The summed E-state index contributed by atoms with van der Waals surface area (Å²) in [6.07, 6.45) is 6.10. The second-order valence-corrected chi connectivity index (χ2v) is 14.3. The number of para-hydroxylation sites is 4. The van der Waals surface area contributed by atoms with Crippen LogP contribution in [-0.2, 0) is 0 Å². The highest BCUT2D eigenvalue weighted by Crippen LogP contribution is 2.59. The van der Waals surface area contributed by atoms with E-state index >= 15 is 0 Å². The quantitative estimate of drug-likeness (QED) is 0.521. The molecule has 0 saturated heterocycles. The number of nitrogens with one attached hydrogen (secondary N) is 1. The molecule has 0 amide bonds. The first-order valence-electron chi connectivity index (χ1n) is 11.0. The highest BCUT2D eigenvalue weighted by molar-refractivity contribution is 6.84. The van der Waals surface area contributed by atoms with Crippen LogP contribution < -0.4 is 9.88 Å². The van der Waals surface area contributed by atoms with E-state index in [9.17, 15) is 0 Å². The van der Waals surface area contributed by atoms with Crippen LogP contribution in [0.15, 0.2) is 71.8 Å². The lowest BCUT2D eigenvalue weighted by molar-refractivity contribution is 0.412. The first-order valence-corrected chi connectivity index (χ1v) is 14.0. The van der Waals surface area contributed by atoms with Crippen LogP contribution in [0.2, 0.25) is 18.6 Å².